The maximum atomic E-state index is 9.88. The summed E-state index contributed by atoms with van der Waals surface area (Å²) in [6.07, 6.45) is -0.642. The highest BCUT2D eigenvalue weighted by molar-refractivity contribution is 5.36. The van der Waals surface area contributed by atoms with Crippen LogP contribution in [-0.2, 0) is 0 Å². The van der Waals surface area contributed by atoms with E-state index in [1.165, 1.54) is 0 Å². The quantitative estimate of drug-likeness (QED) is 0.812. The van der Waals surface area contributed by atoms with Crippen molar-refractivity contribution in [3.63, 3.8) is 0 Å². The largest absolute Gasteiger partial charge is 0.491 e. The number of ether oxygens (including phenoxy) is 1. The third-order valence-corrected chi connectivity index (χ3v) is 2.73. The van der Waals surface area contributed by atoms with E-state index >= 15 is 0 Å². The molecule has 0 amide bonds. The molecule has 0 heterocycles. The Balaban J connectivity index is 2.38. The van der Waals surface area contributed by atoms with Crippen molar-refractivity contribution in [3.8, 4) is 17.9 Å². The zero-order chi connectivity index (χ0) is 15.0. The third-order valence-electron chi connectivity index (χ3n) is 2.73. The van der Waals surface area contributed by atoms with Gasteiger partial charge in [0.1, 0.15) is 18.5 Å². The van der Waals surface area contributed by atoms with Crippen LogP contribution in [0.5, 0.6) is 5.75 Å². The molecule has 0 saturated heterocycles. The number of nitrogens with zero attached hydrogens (tertiary/aromatic N) is 3. The van der Waals surface area contributed by atoms with Crippen molar-refractivity contribution in [1.29, 1.82) is 10.5 Å². The van der Waals surface area contributed by atoms with Gasteiger partial charge in [0.2, 0.25) is 0 Å². The molecule has 1 aromatic carbocycles. The Morgan fingerprint density at radius 1 is 1.35 bits per heavy atom. The van der Waals surface area contributed by atoms with E-state index in [0.29, 0.717) is 24.4 Å². The van der Waals surface area contributed by atoms with E-state index in [0.717, 1.165) is 0 Å². The molecule has 106 valence electrons. The average Bonchev–Trinajstić information content (AvgIpc) is 2.45. The normalized spacial score (nSPS) is 13.3. The lowest BCUT2D eigenvalue weighted by Crippen LogP contribution is -2.35. The van der Waals surface area contributed by atoms with Crippen LogP contribution in [-0.4, -0.2) is 42.9 Å². The summed E-state index contributed by atoms with van der Waals surface area (Å²) in [6, 6.07) is 11.0. The summed E-state index contributed by atoms with van der Waals surface area (Å²) in [6.45, 7) is 3.04. The molecule has 2 atom stereocenters. The highest BCUT2D eigenvalue weighted by Gasteiger charge is 2.11. The van der Waals surface area contributed by atoms with Crippen LogP contribution in [0.15, 0.2) is 24.3 Å². The Labute approximate surface area is 119 Å². The molecular weight excluding hydrogens is 254 g/mol. The summed E-state index contributed by atoms with van der Waals surface area (Å²) >= 11 is 0. The van der Waals surface area contributed by atoms with E-state index in [1.807, 2.05) is 24.9 Å². The monoisotopic (exact) mass is 273 g/mol. The number of rotatable bonds is 7. The number of likely N-dealkylation sites (N-methyl/N-ethyl adjacent to an activating group) is 1. The summed E-state index contributed by atoms with van der Waals surface area (Å²) in [5.74, 6) is 0.497. The minimum Gasteiger partial charge on any atom is -0.491 e. The number of hydrogen-bond donors (Lipinski definition) is 1. The summed E-state index contributed by atoms with van der Waals surface area (Å²) < 4.78 is 5.45. The lowest BCUT2D eigenvalue weighted by Gasteiger charge is -2.21. The van der Waals surface area contributed by atoms with Gasteiger partial charge in [-0.1, -0.05) is 6.07 Å². The second-order valence-electron chi connectivity index (χ2n) is 4.86. The van der Waals surface area contributed by atoms with Gasteiger partial charge in [-0.2, -0.15) is 10.5 Å². The molecule has 0 aliphatic heterocycles. The van der Waals surface area contributed by atoms with E-state index in [-0.39, 0.29) is 12.5 Å². The molecule has 0 fully saturated rings. The molecule has 1 N–H and O–H groups in total. The summed E-state index contributed by atoms with van der Waals surface area (Å²) in [4.78, 5) is 1.90. The predicted octanol–water partition coefficient (Wildman–Crippen LogP) is 1.39. The van der Waals surface area contributed by atoms with E-state index < -0.39 is 6.10 Å². The molecule has 0 aliphatic carbocycles. The molecular formula is C15H19N3O2. The van der Waals surface area contributed by atoms with Gasteiger partial charge in [0, 0.05) is 13.1 Å². The van der Waals surface area contributed by atoms with Crippen LogP contribution >= 0.6 is 0 Å². The number of aliphatic hydroxyl groups is 1. The molecule has 0 aromatic heterocycles. The third kappa shape index (κ3) is 5.71. The van der Waals surface area contributed by atoms with Gasteiger partial charge in [0.15, 0.2) is 0 Å². The summed E-state index contributed by atoms with van der Waals surface area (Å²) in [5, 5.41) is 27.4. The molecule has 0 radical (unpaired) electrons. The van der Waals surface area contributed by atoms with Crippen LogP contribution in [0.4, 0.5) is 0 Å². The Morgan fingerprint density at radius 2 is 2.10 bits per heavy atom. The van der Waals surface area contributed by atoms with Gasteiger partial charge in [0.25, 0.3) is 0 Å². The van der Waals surface area contributed by atoms with Crippen LogP contribution in [0.25, 0.3) is 0 Å². The van der Waals surface area contributed by atoms with Gasteiger partial charge in [-0.3, -0.25) is 0 Å². The van der Waals surface area contributed by atoms with Crippen LogP contribution in [0, 0.1) is 28.6 Å². The van der Waals surface area contributed by atoms with Gasteiger partial charge in [-0.25, -0.2) is 0 Å². The van der Waals surface area contributed by atoms with E-state index in [4.69, 9.17) is 15.3 Å². The van der Waals surface area contributed by atoms with Gasteiger partial charge >= 0.3 is 0 Å². The molecule has 0 aliphatic rings. The first-order chi connectivity index (χ1) is 9.55. The van der Waals surface area contributed by atoms with Crippen molar-refractivity contribution in [2.75, 3.05) is 26.7 Å². The fourth-order valence-corrected chi connectivity index (χ4v) is 1.84. The first-order valence-electron chi connectivity index (χ1n) is 6.44. The number of aliphatic hydroxyl groups excluding tert-OH is 1. The van der Waals surface area contributed by atoms with E-state index in [2.05, 4.69) is 6.07 Å². The van der Waals surface area contributed by atoms with Crippen molar-refractivity contribution in [3.05, 3.63) is 29.8 Å². The Morgan fingerprint density at radius 3 is 2.75 bits per heavy atom. The van der Waals surface area contributed by atoms with Crippen LogP contribution in [0.3, 0.4) is 0 Å². The molecule has 5 heteroatoms. The zero-order valence-electron chi connectivity index (χ0n) is 11.8. The fraction of sp³-hybridized carbons (Fsp3) is 0.467. The number of nitriles is 2. The van der Waals surface area contributed by atoms with Crippen molar-refractivity contribution in [1.82, 2.24) is 4.90 Å². The second kappa shape index (κ2) is 8.16. The first-order valence-corrected chi connectivity index (χ1v) is 6.44. The maximum absolute atomic E-state index is 9.88. The predicted molar refractivity (Wildman–Crippen MR) is 74.9 cm³/mol. The molecule has 2 unspecified atom stereocenters. The number of hydrogen-bond acceptors (Lipinski definition) is 5. The van der Waals surface area contributed by atoms with Gasteiger partial charge < -0.3 is 14.7 Å². The molecule has 5 nitrogen and oxygen atoms in total. The van der Waals surface area contributed by atoms with Gasteiger partial charge in [-0.05, 0) is 32.2 Å². The molecule has 0 spiro atoms. The fourth-order valence-electron chi connectivity index (χ4n) is 1.84. The van der Waals surface area contributed by atoms with Crippen molar-refractivity contribution in [2.45, 2.75) is 13.0 Å². The lowest BCUT2D eigenvalue weighted by atomic mass is 10.2. The highest BCUT2D eigenvalue weighted by atomic mass is 16.5. The molecule has 1 aromatic rings. The summed E-state index contributed by atoms with van der Waals surface area (Å²) in [5.41, 5.74) is 0.525. The minimum absolute atomic E-state index is 0.0690. The topological polar surface area (TPSA) is 80.3 Å². The second-order valence-corrected chi connectivity index (χ2v) is 4.86. The molecule has 20 heavy (non-hydrogen) atoms. The van der Waals surface area contributed by atoms with Crippen molar-refractivity contribution in [2.24, 2.45) is 5.92 Å². The van der Waals surface area contributed by atoms with Crippen LogP contribution in [0.2, 0.25) is 0 Å². The number of benzene rings is 1. The van der Waals surface area contributed by atoms with Crippen LogP contribution < -0.4 is 4.74 Å². The Kier molecular flexibility index (Phi) is 6.52. The Hall–Kier alpha value is -2.08. The van der Waals surface area contributed by atoms with Gasteiger partial charge in [-0.15, -0.1) is 0 Å². The molecule has 1 rings (SSSR count). The van der Waals surface area contributed by atoms with Crippen molar-refractivity contribution >= 4 is 0 Å². The lowest BCUT2D eigenvalue weighted by molar-refractivity contribution is 0.0744. The van der Waals surface area contributed by atoms with E-state index in [9.17, 15) is 5.11 Å². The highest BCUT2D eigenvalue weighted by Crippen LogP contribution is 2.12. The SMILES string of the molecule is CC(C#N)CN(C)CC(O)COc1cccc(C#N)c1. The standard InChI is InChI=1S/C15H19N3O2/c1-12(7-16)9-18(2)10-14(19)11-20-15-5-3-4-13(6-15)8-17/h3-6,12,14,19H,9-11H2,1-2H3. The van der Waals surface area contributed by atoms with E-state index in [1.54, 1.807) is 24.3 Å². The van der Waals surface area contributed by atoms with Crippen molar-refractivity contribution < 1.29 is 9.84 Å². The zero-order valence-corrected chi connectivity index (χ0v) is 11.8. The van der Waals surface area contributed by atoms with Gasteiger partial charge in [0.05, 0.1) is 23.6 Å². The minimum atomic E-state index is -0.642. The first kappa shape index (κ1) is 16.0. The Bertz CT molecular complexity index is 505. The molecule has 0 saturated carbocycles. The smallest absolute Gasteiger partial charge is 0.120 e. The average molecular weight is 273 g/mol. The summed E-state index contributed by atoms with van der Waals surface area (Å²) in [7, 11) is 1.85. The van der Waals surface area contributed by atoms with Crippen LogP contribution in [0.1, 0.15) is 12.5 Å². The molecule has 0 bridgehead atoms. The maximum Gasteiger partial charge on any atom is 0.120 e.